The van der Waals surface area contributed by atoms with Gasteiger partial charge in [0.25, 0.3) is 5.91 Å². The first-order valence-electron chi connectivity index (χ1n) is 4.95. The molecule has 1 heterocycles. The van der Waals surface area contributed by atoms with E-state index in [4.69, 9.17) is 0 Å². The zero-order valence-electron chi connectivity index (χ0n) is 9.80. The Balaban J connectivity index is 2.90. The number of hydrogen-bond donors (Lipinski definition) is 1. The maximum absolute atomic E-state index is 11.6. The Morgan fingerprint density at radius 1 is 1.41 bits per heavy atom. The van der Waals surface area contributed by atoms with Gasteiger partial charge in [-0.3, -0.25) is 4.79 Å². The number of carbonyl (C=O) groups is 1. The Morgan fingerprint density at radius 2 is 2.06 bits per heavy atom. The van der Waals surface area contributed by atoms with Crippen molar-refractivity contribution in [3.05, 3.63) is 23.9 Å². The van der Waals surface area contributed by atoms with Crippen LogP contribution in [0.3, 0.4) is 0 Å². The lowest BCUT2D eigenvalue weighted by molar-refractivity contribution is 0.0937. The van der Waals surface area contributed by atoms with E-state index in [9.17, 15) is 13.2 Å². The molecule has 6 nitrogen and oxygen atoms in total. The molecular weight excluding hydrogens is 244 g/mol. The Bertz CT molecular complexity index is 511. The summed E-state index contributed by atoms with van der Waals surface area (Å²) in [5, 5.41) is 2.64. The molecule has 1 amide bonds. The van der Waals surface area contributed by atoms with Crippen LogP contribution >= 0.6 is 0 Å². The summed E-state index contributed by atoms with van der Waals surface area (Å²) in [5.41, 5.74) is 0.111. The lowest BCUT2D eigenvalue weighted by Crippen LogP contribution is -2.30. The smallest absolute Gasteiger partial charge is 0.307 e. The fourth-order valence-corrected chi connectivity index (χ4v) is 1.48. The van der Waals surface area contributed by atoms with Crippen LogP contribution in [-0.2, 0) is 10.1 Å². The minimum absolute atomic E-state index is 0.0243. The molecule has 0 atom stereocenters. The zero-order valence-corrected chi connectivity index (χ0v) is 10.6. The molecular formula is C10H14N2O4S. The first kappa shape index (κ1) is 13.4. The van der Waals surface area contributed by atoms with Crippen LogP contribution < -0.4 is 9.50 Å². The zero-order chi connectivity index (χ0) is 13.1. The number of amides is 1. The summed E-state index contributed by atoms with van der Waals surface area (Å²) < 4.78 is 26.4. The van der Waals surface area contributed by atoms with Crippen LogP contribution in [0.25, 0.3) is 0 Å². The molecule has 94 valence electrons. The number of hydrogen-bond acceptors (Lipinski definition) is 5. The van der Waals surface area contributed by atoms with E-state index in [0.29, 0.717) is 0 Å². The molecule has 0 aliphatic heterocycles. The van der Waals surface area contributed by atoms with Gasteiger partial charge >= 0.3 is 10.1 Å². The van der Waals surface area contributed by atoms with E-state index in [-0.39, 0.29) is 23.5 Å². The highest BCUT2D eigenvalue weighted by Gasteiger charge is 2.11. The lowest BCUT2D eigenvalue weighted by atomic mass is 10.3. The predicted octanol–water partition coefficient (Wildman–Crippen LogP) is 0.558. The van der Waals surface area contributed by atoms with Gasteiger partial charge in [0, 0.05) is 12.1 Å². The van der Waals surface area contributed by atoms with Crippen LogP contribution in [0, 0.1) is 0 Å². The van der Waals surface area contributed by atoms with Crippen molar-refractivity contribution in [1.82, 2.24) is 10.3 Å². The van der Waals surface area contributed by atoms with Gasteiger partial charge in [0.15, 0.2) is 0 Å². The van der Waals surface area contributed by atoms with Crippen LogP contribution in [0.15, 0.2) is 18.2 Å². The Hall–Kier alpha value is -1.63. The monoisotopic (exact) mass is 258 g/mol. The maximum atomic E-state index is 11.6. The molecule has 0 aliphatic rings. The third-order valence-corrected chi connectivity index (χ3v) is 2.09. The fraction of sp³-hybridized carbons (Fsp3) is 0.400. The first-order chi connectivity index (χ1) is 7.78. The quantitative estimate of drug-likeness (QED) is 0.797. The largest absolute Gasteiger partial charge is 0.362 e. The normalized spacial score (nSPS) is 11.3. The minimum Gasteiger partial charge on any atom is -0.362 e. The average molecular weight is 258 g/mol. The molecule has 1 N–H and O–H groups in total. The standard InChI is InChI=1S/C10H14N2O4S/c1-7(2)11-10(13)8-5-4-6-9(12-8)16-17(3,14)15/h4-7H,1-3H3,(H,11,13). The van der Waals surface area contributed by atoms with Crippen molar-refractivity contribution < 1.29 is 17.4 Å². The van der Waals surface area contributed by atoms with Gasteiger partial charge in [-0.05, 0) is 19.9 Å². The van der Waals surface area contributed by atoms with E-state index in [1.165, 1.54) is 18.2 Å². The molecule has 0 spiro atoms. The van der Waals surface area contributed by atoms with Crippen molar-refractivity contribution in [3.8, 4) is 5.88 Å². The number of carbonyl (C=O) groups excluding carboxylic acids is 1. The summed E-state index contributed by atoms with van der Waals surface area (Å²) in [6.07, 6.45) is 0.912. The maximum Gasteiger partial charge on any atom is 0.307 e. The van der Waals surface area contributed by atoms with Gasteiger partial charge in [-0.25, -0.2) is 4.98 Å². The number of aromatic nitrogens is 1. The van der Waals surface area contributed by atoms with Crippen molar-refractivity contribution in [2.24, 2.45) is 0 Å². The van der Waals surface area contributed by atoms with Crippen LogP contribution in [0.4, 0.5) is 0 Å². The summed E-state index contributed by atoms with van der Waals surface area (Å²) in [5.74, 6) is -0.497. The van der Waals surface area contributed by atoms with Crippen LogP contribution in [0.2, 0.25) is 0 Å². The molecule has 1 aromatic heterocycles. The summed E-state index contributed by atoms with van der Waals surface area (Å²) in [6.45, 7) is 3.63. The molecule has 0 aliphatic carbocycles. The highest BCUT2D eigenvalue weighted by atomic mass is 32.2. The van der Waals surface area contributed by atoms with Crippen molar-refractivity contribution in [1.29, 1.82) is 0 Å². The Morgan fingerprint density at radius 3 is 2.59 bits per heavy atom. The van der Waals surface area contributed by atoms with E-state index >= 15 is 0 Å². The predicted molar refractivity (Wildman–Crippen MR) is 62.3 cm³/mol. The molecule has 0 saturated heterocycles. The van der Waals surface area contributed by atoms with Crippen molar-refractivity contribution in [3.63, 3.8) is 0 Å². The molecule has 1 aromatic rings. The molecule has 0 fully saturated rings. The molecule has 0 unspecified atom stereocenters. The SMILES string of the molecule is CC(C)NC(=O)c1cccc(OS(C)(=O)=O)n1. The molecule has 0 aromatic carbocycles. The summed E-state index contributed by atoms with van der Waals surface area (Å²) in [4.78, 5) is 15.4. The summed E-state index contributed by atoms with van der Waals surface area (Å²) in [6, 6.07) is 4.33. The summed E-state index contributed by atoms with van der Waals surface area (Å²) in [7, 11) is -3.64. The number of pyridine rings is 1. The summed E-state index contributed by atoms with van der Waals surface area (Å²) >= 11 is 0. The van der Waals surface area contributed by atoms with Crippen molar-refractivity contribution >= 4 is 16.0 Å². The van der Waals surface area contributed by atoms with E-state index in [2.05, 4.69) is 14.5 Å². The van der Waals surface area contributed by atoms with Crippen LogP contribution in [0.5, 0.6) is 5.88 Å². The van der Waals surface area contributed by atoms with Gasteiger partial charge in [-0.15, -0.1) is 0 Å². The van der Waals surface area contributed by atoms with Crippen molar-refractivity contribution in [2.75, 3.05) is 6.26 Å². The van der Waals surface area contributed by atoms with Gasteiger partial charge in [-0.2, -0.15) is 8.42 Å². The molecule has 0 radical (unpaired) electrons. The average Bonchev–Trinajstić information content (AvgIpc) is 2.14. The second-order valence-electron chi connectivity index (χ2n) is 3.78. The molecule has 0 saturated carbocycles. The molecule has 17 heavy (non-hydrogen) atoms. The highest BCUT2D eigenvalue weighted by Crippen LogP contribution is 2.09. The van der Waals surface area contributed by atoms with Gasteiger partial charge < -0.3 is 9.50 Å². The Kier molecular flexibility index (Phi) is 4.06. The first-order valence-corrected chi connectivity index (χ1v) is 6.77. The molecule has 0 bridgehead atoms. The highest BCUT2D eigenvalue weighted by molar-refractivity contribution is 7.86. The number of rotatable bonds is 4. The van der Waals surface area contributed by atoms with E-state index in [0.717, 1.165) is 6.26 Å². The van der Waals surface area contributed by atoms with E-state index in [1.54, 1.807) is 0 Å². The minimum atomic E-state index is -3.64. The Labute approximate surface area is 100 Å². The van der Waals surface area contributed by atoms with Crippen molar-refractivity contribution in [2.45, 2.75) is 19.9 Å². The molecule has 7 heteroatoms. The van der Waals surface area contributed by atoms with Crippen LogP contribution in [-0.4, -0.2) is 31.6 Å². The number of nitrogens with zero attached hydrogens (tertiary/aromatic N) is 1. The third kappa shape index (κ3) is 4.81. The second-order valence-corrected chi connectivity index (χ2v) is 5.35. The van der Waals surface area contributed by atoms with Gasteiger partial charge in [0.05, 0.1) is 6.26 Å². The van der Waals surface area contributed by atoms with Gasteiger partial charge in [0.2, 0.25) is 5.88 Å². The third-order valence-electron chi connectivity index (χ3n) is 1.61. The van der Waals surface area contributed by atoms with E-state index < -0.39 is 10.1 Å². The topological polar surface area (TPSA) is 85.4 Å². The van der Waals surface area contributed by atoms with E-state index in [1.807, 2.05) is 13.8 Å². The molecule has 1 rings (SSSR count). The van der Waals surface area contributed by atoms with Crippen LogP contribution in [0.1, 0.15) is 24.3 Å². The number of nitrogens with one attached hydrogen (secondary N) is 1. The van der Waals surface area contributed by atoms with Gasteiger partial charge in [0.1, 0.15) is 5.69 Å². The second kappa shape index (κ2) is 5.13. The lowest BCUT2D eigenvalue weighted by Gasteiger charge is -2.08. The van der Waals surface area contributed by atoms with Gasteiger partial charge in [-0.1, -0.05) is 6.07 Å². The fourth-order valence-electron chi connectivity index (χ4n) is 1.08.